The molecule has 1 aromatic heterocycles. The highest BCUT2D eigenvalue weighted by atomic mass is 15.0. The molecule has 1 aromatic carbocycles. The van der Waals surface area contributed by atoms with Crippen LogP contribution in [0.25, 0.3) is 16.5 Å². The lowest BCUT2D eigenvalue weighted by atomic mass is 10.1. The summed E-state index contributed by atoms with van der Waals surface area (Å²) in [7, 11) is 0. The third-order valence-corrected chi connectivity index (χ3v) is 2.96. The van der Waals surface area contributed by atoms with Crippen molar-refractivity contribution in [1.82, 2.24) is 4.57 Å². The lowest BCUT2D eigenvalue weighted by Crippen LogP contribution is -1.87. The van der Waals surface area contributed by atoms with Gasteiger partial charge in [0.2, 0.25) is 0 Å². The van der Waals surface area contributed by atoms with Gasteiger partial charge in [-0.05, 0) is 18.6 Å². The van der Waals surface area contributed by atoms with Crippen LogP contribution in [0, 0.1) is 0 Å². The van der Waals surface area contributed by atoms with E-state index in [9.17, 15) is 0 Å². The zero-order valence-corrected chi connectivity index (χ0v) is 10.8. The Labute approximate surface area is 103 Å². The minimum Gasteiger partial charge on any atom is -0.343 e. The van der Waals surface area contributed by atoms with Crippen molar-refractivity contribution < 1.29 is 0 Å². The van der Waals surface area contributed by atoms with E-state index in [-0.39, 0.29) is 0 Å². The van der Waals surface area contributed by atoms with Crippen LogP contribution >= 0.6 is 0 Å². The van der Waals surface area contributed by atoms with Crippen LogP contribution in [0.15, 0.2) is 48.7 Å². The second kappa shape index (κ2) is 5.05. The van der Waals surface area contributed by atoms with Gasteiger partial charge >= 0.3 is 0 Å². The van der Waals surface area contributed by atoms with Gasteiger partial charge in [0.05, 0.1) is 5.52 Å². The largest absolute Gasteiger partial charge is 0.343 e. The molecule has 0 saturated carbocycles. The molecule has 3 rings (SSSR count). The summed E-state index contributed by atoms with van der Waals surface area (Å²) >= 11 is 0. The van der Waals surface area contributed by atoms with E-state index >= 15 is 0 Å². The Hall–Kier alpha value is -1.76. The van der Waals surface area contributed by atoms with Gasteiger partial charge in [0, 0.05) is 23.7 Å². The third-order valence-electron chi connectivity index (χ3n) is 2.96. The zero-order valence-electron chi connectivity index (χ0n) is 10.8. The molecule has 1 aliphatic rings. The molecule has 0 amide bonds. The van der Waals surface area contributed by atoms with Crippen molar-refractivity contribution in [3.8, 4) is 0 Å². The third kappa shape index (κ3) is 1.93. The maximum absolute atomic E-state index is 2.32. The summed E-state index contributed by atoms with van der Waals surface area (Å²) in [5.74, 6) is 0. The van der Waals surface area contributed by atoms with Gasteiger partial charge in [-0.1, -0.05) is 50.3 Å². The van der Waals surface area contributed by atoms with E-state index < -0.39 is 0 Å². The van der Waals surface area contributed by atoms with E-state index in [4.69, 9.17) is 0 Å². The van der Waals surface area contributed by atoms with Crippen molar-refractivity contribution in [2.45, 2.75) is 27.3 Å². The fourth-order valence-electron chi connectivity index (χ4n) is 2.28. The molecular weight excluding hydrogens is 206 g/mol. The summed E-state index contributed by atoms with van der Waals surface area (Å²) in [6.45, 7) is 7.06. The molecule has 0 spiro atoms. The van der Waals surface area contributed by atoms with Gasteiger partial charge in [0.15, 0.2) is 0 Å². The topological polar surface area (TPSA) is 4.93 Å². The highest BCUT2D eigenvalue weighted by Crippen LogP contribution is 2.33. The minimum atomic E-state index is 1.01. The standard InChI is InChI=1S/C14H13N.C2H6/c1-2-3-5-12-10-15-9-8-11-6-4-7-13(12)14(11)15;1-2/h2-9H,10H2,1H3;1-2H3/b3-2-,12-5+;. The van der Waals surface area contributed by atoms with Gasteiger partial charge in [-0.25, -0.2) is 0 Å². The Kier molecular flexibility index (Phi) is 3.48. The van der Waals surface area contributed by atoms with E-state index in [2.05, 4.69) is 53.3 Å². The number of nitrogens with zero attached hydrogens (tertiary/aromatic N) is 1. The number of para-hydroxylation sites is 1. The van der Waals surface area contributed by atoms with Crippen LogP contribution < -0.4 is 0 Å². The SMILES string of the molecule is C/C=C\C=C1/Cn2ccc3cccc1c32.CC. The number of hydrogen-bond acceptors (Lipinski definition) is 0. The Morgan fingerprint density at radius 2 is 2.00 bits per heavy atom. The first-order valence-electron chi connectivity index (χ1n) is 6.30. The Morgan fingerprint density at radius 1 is 1.18 bits per heavy atom. The molecule has 0 unspecified atom stereocenters. The molecule has 88 valence electrons. The van der Waals surface area contributed by atoms with Crippen molar-refractivity contribution >= 4 is 16.5 Å². The van der Waals surface area contributed by atoms with Gasteiger partial charge in [-0.2, -0.15) is 0 Å². The predicted molar refractivity (Wildman–Crippen MR) is 76.1 cm³/mol. The predicted octanol–water partition coefficient (Wildman–Crippen LogP) is 4.64. The highest BCUT2D eigenvalue weighted by molar-refractivity contribution is 5.95. The summed E-state index contributed by atoms with van der Waals surface area (Å²) in [4.78, 5) is 0. The Balaban J connectivity index is 0.000000514. The van der Waals surface area contributed by atoms with E-state index in [1.807, 2.05) is 20.8 Å². The molecule has 2 heterocycles. The number of benzene rings is 1. The molecule has 1 aliphatic heterocycles. The smallest absolute Gasteiger partial charge is 0.0560 e. The van der Waals surface area contributed by atoms with E-state index in [1.165, 1.54) is 22.0 Å². The molecule has 0 radical (unpaired) electrons. The molecule has 0 aliphatic carbocycles. The van der Waals surface area contributed by atoms with Crippen molar-refractivity contribution in [2.24, 2.45) is 0 Å². The maximum atomic E-state index is 2.32. The van der Waals surface area contributed by atoms with Gasteiger partial charge in [-0.3, -0.25) is 0 Å². The fraction of sp³-hybridized carbons (Fsp3) is 0.250. The van der Waals surface area contributed by atoms with Crippen molar-refractivity contribution in [3.05, 3.63) is 54.3 Å². The number of aromatic nitrogens is 1. The lowest BCUT2D eigenvalue weighted by Gasteiger charge is -1.97. The van der Waals surface area contributed by atoms with Crippen molar-refractivity contribution in [1.29, 1.82) is 0 Å². The summed E-state index contributed by atoms with van der Waals surface area (Å²) in [6.07, 6.45) is 8.56. The summed E-state index contributed by atoms with van der Waals surface area (Å²) in [5.41, 5.74) is 4.18. The lowest BCUT2D eigenvalue weighted by molar-refractivity contribution is 0.907. The second-order valence-corrected chi connectivity index (χ2v) is 3.90. The molecule has 1 heteroatoms. The second-order valence-electron chi connectivity index (χ2n) is 3.90. The molecule has 0 bridgehead atoms. The first kappa shape index (κ1) is 11.7. The quantitative estimate of drug-likeness (QED) is 0.666. The normalized spacial score (nSPS) is 15.6. The molecular formula is C16H19N. The van der Waals surface area contributed by atoms with Gasteiger partial charge in [0.1, 0.15) is 0 Å². The summed E-state index contributed by atoms with van der Waals surface area (Å²) in [6, 6.07) is 8.71. The summed E-state index contributed by atoms with van der Waals surface area (Å²) < 4.78 is 2.32. The average Bonchev–Trinajstić information content (AvgIpc) is 2.95. The van der Waals surface area contributed by atoms with Gasteiger partial charge in [0.25, 0.3) is 0 Å². The number of rotatable bonds is 1. The molecule has 1 nitrogen and oxygen atoms in total. The Morgan fingerprint density at radius 3 is 2.76 bits per heavy atom. The van der Waals surface area contributed by atoms with Gasteiger partial charge < -0.3 is 4.57 Å². The molecule has 0 saturated heterocycles. The van der Waals surface area contributed by atoms with E-state index in [0.29, 0.717) is 0 Å². The first-order chi connectivity index (χ1) is 8.40. The number of allylic oxidation sites excluding steroid dienone is 4. The van der Waals surface area contributed by atoms with Crippen LogP contribution in [0.2, 0.25) is 0 Å². The molecule has 0 atom stereocenters. The highest BCUT2D eigenvalue weighted by Gasteiger charge is 2.16. The molecule has 17 heavy (non-hydrogen) atoms. The van der Waals surface area contributed by atoms with Crippen LogP contribution in [-0.4, -0.2) is 4.57 Å². The minimum absolute atomic E-state index is 1.01. The van der Waals surface area contributed by atoms with Crippen LogP contribution in [0.4, 0.5) is 0 Å². The average molecular weight is 225 g/mol. The molecule has 0 fully saturated rings. The van der Waals surface area contributed by atoms with Crippen LogP contribution in [0.5, 0.6) is 0 Å². The summed E-state index contributed by atoms with van der Waals surface area (Å²) in [5, 5.41) is 1.34. The molecule has 2 aromatic rings. The fourth-order valence-corrected chi connectivity index (χ4v) is 2.28. The van der Waals surface area contributed by atoms with Gasteiger partial charge in [-0.15, -0.1) is 0 Å². The van der Waals surface area contributed by atoms with Crippen molar-refractivity contribution in [2.75, 3.05) is 0 Å². The Bertz CT molecular complexity index is 570. The first-order valence-corrected chi connectivity index (χ1v) is 6.30. The van der Waals surface area contributed by atoms with E-state index in [0.717, 1.165) is 6.54 Å². The monoisotopic (exact) mass is 225 g/mol. The van der Waals surface area contributed by atoms with Crippen molar-refractivity contribution in [3.63, 3.8) is 0 Å². The molecule has 0 N–H and O–H groups in total. The van der Waals surface area contributed by atoms with Crippen LogP contribution in [0.1, 0.15) is 26.3 Å². The zero-order chi connectivity index (χ0) is 12.3. The number of hydrogen-bond donors (Lipinski definition) is 0. The van der Waals surface area contributed by atoms with Crippen LogP contribution in [-0.2, 0) is 6.54 Å². The van der Waals surface area contributed by atoms with Crippen LogP contribution in [0.3, 0.4) is 0 Å². The van der Waals surface area contributed by atoms with E-state index in [1.54, 1.807) is 0 Å². The maximum Gasteiger partial charge on any atom is 0.0560 e.